The summed E-state index contributed by atoms with van der Waals surface area (Å²) in [5, 5.41) is 17.2. The van der Waals surface area contributed by atoms with E-state index < -0.39 is 12.3 Å². The fourth-order valence-electron chi connectivity index (χ4n) is 0.447. The number of nitrogens with two attached hydrogens (primary N) is 1. The van der Waals surface area contributed by atoms with Gasteiger partial charge in [0, 0.05) is 0 Å². The molecule has 0 saturated carbocycles. The van der Waals surface area contributed by atoms with Gasteiger partial charge in [-0.25, -0.2) is 0 Å². The molecule has 0 spiro atoms. The standard InChI is InChI=1S/C6H15NO2/c1-6(2,3)4(7)5(8)9/h4-5,8-9H,7H2,1-3H3. The number of hydrogen-bond donors (Lipinski definition) is 3. The van der Waals surface area contributed by atoms with E-state index in [1.807, 2.05) is 20.8 Å². The largest absolute Gasteiger partial charge is 0.367 e. The summed E-state index contributed by atoms with van der Waals surface area (Å²) in [4.78, 5) is 0. The molecule has 3 nitrogen and oxygen atoms in total. The summed E-state index contributed by atoms with van der Waals surface area (Å²) in [6.45, 7) is 5.57. The maximum atomic E-state index is 8.59. The van der Waals surface area contributed by atoms with E-state index in [1.54, 1.807) is 0 Å². The van der Waals surface area contributed by atoms with E-state index in [0.29, 0.717) is 0 Å². The molecule has 0 aliphatic carbocycles. The molecule has 0 radical (unpaired) electrons. The molecule has 0 bridgehead atoms. The van der Waals surface area contributed by atoms with E-state index in [9.17, 15) is 0 Å². The van der Waals surface area contributed by atoms with Gasteiger partial charge in [-0.1, -0.05) is 20.8 Å². The smallest absolute Gasteiger partial charge is 0.167 e. The highest BCUT2D eigenvalue weighted by Crippen LogP contribution is 2.18. The molecule has 0 amide bonds. The summed E-state index contributed by atoms with van der Waals surface area (Å²) in [6, 6.07) is -0.572. The zero-order chi connectivity index (χ0) is 7.65. The van der Waals surface area contributed by atoms with Crippen LogP contribution in [0.2, 0.25) is 0 Å². The highest BCUT2D eigenvalue weighted by molar-refractivity contribution is 4.77. The highest BCUT2D eigenvalue weighted by atomic mass is 16.5. The molecule has 0 saturated heterocycles. The van der Waals surface area contributed by atoms with Gasteiger partial charge >= 0.3 is 0 Å². The first-order valence-corrected chi connectivity index (χ1v) is 2.97. The summed E-state index contributed by atoms with van der Waals surface area (Å²) in [7, 11) is 0. The second kappa shape index (κ2) is 2.64. The van der Waals surface area contributed by atoms with Crippen LogP contribution >= 0.6 is 0 Å². The van der Waals surface area contributed by atoms with Crippen LogP contribution in [0.25, 0.3) is 0 Å². The van der Waals surface area contributed by atoms with Crippen LogP contribution in [0, 0.1) is 5.41 Å². The van der Waals surface area contributed by atoms with Crippen LogP contribution in [0.3, 0.4) is 0 Å². The maximum Gasteiger partial charge on any atom is 0.167 e. The molecule has 0 heterocycles. The second-order valence-corrected chi connectivity index (χ2v) is 3.31. The Morgan fingerprint density at radius 3 is 1.56 bits per heavy atom. The van der Waals surface area contributed by atoms with Crippen molar-refractivity contribution in [2.75, 3.05) is 0 Å². The summed E-state index contributed by atoms with van der Waals surface area (Å²) < 4.78 is 0. The lowest BCUT2D eigenvalue weighted by atomic mass is 9.87. The number of aliphatic hydroxyl groups is 2. The van der Waals surface area contributed by atoms with Crippen molar-refractivity contribution in [3.8, 4) is 0 Å². The Bertz CT molecular complexity index is 85.5. The zero-order valence-electron chi connectivity index (χ0n) is 6.13. The molecule has 3 heteroatoms. The summed E-state index contributed by atoms with van der Waals surface area (Å²) in [5.41, 5.74) is 5.15. The number of aliphatic hydroxyl groups excluding tert-OH is 1. The average Bonchev–Trinajstić information content (AvgIpc) is 1.62. The Hall–Kier alpha value is -0.120. The van der Waals surface area contributed by atoms with Crippen molar-refractivity contribution in [1.82, 2.24) is 0 Å². The second-order valence-electron chi connectivity index (χ2n) is 3.31. The predicted molar refractivity (Wildman–Crippen MR) is 35.7 cm³/mol. The lowest BCUT2D eigenvalue weighted by molar-refractivity contribution is -0.0811. The van der Waals surface area contributed by atoms with Crippen molar-refractivity contribution < 1.29 is 10.2 Å². The number of rotatable bonds is 1. The molecule has 0 rings (SSSR count). The molecule has 4 N–H and O–H groups in total. The molecule has 1 atom stereocenters. The van der Waals surface area contributed by atoms with Crippen molar-refractivity contribution in [1.29, 1.82) is 0 Å². The lowest BCUT2D eigenvalue weighted by Gasteiger charge is -2.27. The predicted octanol–water partition coefficient (Wildman–Crippen LogP) is -0.329. The van der Waals surface area contributed by atoms with Crippen molar-refractivity contribution in [3.63, 3.8) is 0 Å². The van der Waals surface area contributed by atoms with Crippen molar-refractivity contribution in [3.05, 3.63) is 0 Å². The highest BCUT2D eigenvalue weighted by Gasteiger charge is 2.25. The van der Waals surface area contributed by atoms with Crippen molar-refractivity contribution in [2.45, 2.75) is 33.1 Å². The third-order valence-electron chi connectivity index (χ3n) is 1.32. The zero-order valence-corrected chi connectivity index (χ0v) is 6.13. The van der Waals surface area contributed by atoms with E-state index in [1.165, 1.54) is 0 Å². The normalized spacial score (nSPS) is 16.3. The molecular formula is C6H15NO2. The fourth-order valence-corrected chi connectivity index (χ4v) is 0.447. The van der Waals surface area contributed by atoms with Gasteiger partial charge in [0.1, 0.15) is 0 Å². The van der Waals surface area contributed by atoms with Gasteiger partial charge in [-0.3, -0.25) is 0 Å². The van der Waals surface area contributed by atoms with Crippen LogP contribution in [-0.4, -0.2) is 22.5 Å². The van der Waals surface area contributed by atoms with Crippen LogP contribution in [0.1, 0.15) is 20.8 Å². The van der Waals surface area contributed by atoms with Gasteiger partial charge in [0.25, 0.3) is 0 Å². The van der Waals surface area contributed by atoms with E-state index in [-0.39, 0.29) is 5.41 Å². The minimum atomic E-state index is -1.41. The molecule has 0 aliphatic heterocycles. The molecule has 0 fully saturated rings. The third-order valence-corrected chi connectivity index (χ3v) is 1.32. The SMILES string of the molecule is CC(C)(C)C(N)C(O)O. The molecule has 0 aliphatic rings. The average molecular weight is 133 g/mol. The Balaban J connectivity index is 3.88. The molecule has 9 heavy (non-hydrogen) atoms. The van der Waals surface area contributed by atoms with E-state index in [2.05, 4.69) is 0 Å². The van der Waals surface area contributed by atoms with Crippen LogP contribution in [0.15, 0.2) is 0 Å². The Labute approximate surface area is 55.5 Å². The minimum absolute atomic E-state index is 0.242. The van der Waals surface area contributed by atoms with Gasteiger partial charge in [-0.2, -0.15) is 0 Å². The van der Waals surface area contributed by atoms with E-state index in [4.69, 9.17) is 15.9 Å². The Morgan fingerprint density at radius 1 is 1.22 bits per heavy atom. The topological polar surface area (TPSA) is 66.5 Å². The van der Waals surface area contributed by atoms with E-state index in [0.717, 1.165) is 0 Å². The lowest BCUT2D eigenvalue weighted by Crippen LogP contribution is -2.44. The third kappa shape index (κ3) is 2.79. The molecular weight excluding hydrogens is 118 g/mol. The van der Waals surface area contributed by atoms with Crippen molar-refractivity contribution in [2.24, 2.45) is 11.1 Å². The molecule has 0 aromatic heterocycles. The quantitative estimate of drug-likeness (QED) is 0.429. The molecule has 56 valence electrons. The van der Waals surface area contributed by atoms with Gasteiger partial charge in [0.15, 0.2) is 6.29 Å². The van der Waals surface area contributed by atoms with Gasteiger partial charge < -0.3 is 15.9 Å². The molecule has 1 unspecified atom stereocenters. The number of hydrogen-bond acceptors (Lipinski definition) is 3. The van der Waals surface area contributed by atoms with Gasteiger partial charge in [0.2, 0.25) is 0 Å². The van der Waals surface area contributed by atoms with Crippen LogP contribution < -0.4 is 5.73 Å². The Morgan fingerprint density at radius 2 is 1.56 bits per heavy atom. The van der Waals surface area contributed by atoms with Crippen LogP contribution in [0.4, 0.5) is 0 Å². The van der Waals surface area contributed by atoms with Gasteiger partial charge in [-0.15, -0.1) is 0 Å². The first-order valence-electron chi connectivity index (χ1n) is 2.97. The van der Waals surface area contributed by atoms with E-state index >= 15 is 0 Å². The summed E-state index contributed by atoms with van der Waals surface area (Å²) in [6.07, 6.45) is -1.41. The minimum Gasteiger partial charge on any atom is -0.367 e. The summed E-state index contributed by atoms with van der Waals surface area (Å²) in [5.74, 6) is 0. The Kier molecular flexibility index (Phi) is 2.61. The van der Waals surface area contributed by atoms with Gasteiger partial charge in [0.05, 0.1) is 6.04 Å². The maximum absolute atomic E-state index is 8.59. The van der Waals surface area contributed by atoms with Crippen molar-refractivity contribution >= 4 is 0 Å². The molecule has 0 aromatic rings. The van der Waals surface area contributed by atoms with Gasteiger partial charge in [-0.05, 0) is 5.41 Å². The fraction of sp³-hybridized carbons (Fsp3) is 1.00. The van der Waals surface area contributed by atoms with Crippen LogP contribution in [-0.2, 0) is 0 Å². The monoisotopic (exact) mass is 133 g/mol. The first kappa shape index (κ1) is 8.88. The summed E-state index contributed by atoms with van der Waals surface area (Å²) >= 11 is 0. The molecule has 0 aromatic carbocycles. The first-order chi connectivity index (χ1) is 3.85. The van der Waals surface area contributed by atoms with Crippen LogP contribution in [0.5, 0.6) is 0 Å².